The molecule has 0 aliphatic rings. The van der Waals surface area contributed by atoms with Crippen LogP contribution in [0.3, 0.4) is 0 Å². The summed E-state index contributed by atoms with van der Waals surface area (Å²) in [5, 5.41) is 0.637. The molecule has 0 radical (unpaired) electrons. The summed E-state index contributed by atoms with van der Waals surface area (Å²) >= 11 is 0. The van der Waals surface area contributed by atoms with E-state index in [0.717, 1.165) is 11.1 Å². The Morgan fingerprint density at radius 3 is 1.67 bits per heavy atom. The molecule has 122 valence electrons. The summed E-state index contributed by atoms with van der Waals surface area (Å²) in [5.41, 5.74) is 2.27. The zero-order valence-corrected chi connectivity index (χ0v) is 14.6. The van der Waals surface area contributed by atoms with Crippen LogP contribution in [0.4, 0.5) is 0 Å². The molecule has 0 aliphatic carbocycles. The Morgan fingerprint density at radius 1 is 0.708 bits per heavy atom. The summed E-state index contributed by atoms with van der Waals surface area (Å²) in [7, 11) is -4.05. The molecule has 0 saturated heterocycles. The maximum absolute atomic E-state index is 11.7. The van der Waals surface area contributed by atoms with Gasteiger partial charge in [0.1, 0.15) is 4.90 Å². The maximum Gasteiger partial charge on any atom is 0.295 e. The highest BCUT2D eigenvalue weighted by atomic mass is 32.2. The molecule has 3 aromatic carbocycles. The lowest BCUT2D eigenvalue weighted by Gasteiger charge is -2.19. The van der Waals surface area contributed by atoms with Gasteiger partial charge in [0.05, 0.1) is 0 Å². The van der Waals surface area contributed by atoms with Gasteiger partial charge in [-0.05, 0) is 22.5 Å². The van der Waals surface area contributed by atoms with E-state index in [0.29, 0.717) is 5.30 Å². The molecule has 0 amide bonds. The van der Waals surface area contributed by atoms with Crippen LogP contribution in [0.25, 0.3) is 0 Å². The zero-order chi connectivity index (χ0) is 17.0. The van der Waals surface area contributed by atoms with Crippen molar-refractivity contribution in [3.8, 4) is 0 Å². The minimum absolute atomic E-state index is 0.0137. The van der Waals surface area contributed by atoms with E-state index in [1.165, 1.54) is 6.07 Å². The Morgan fingerprint density at radius 2 is 1.17 bits per heavy atom. The van der Waals surface area contributed by atoms with Gasteiger partial charge in [0.15, 0.2) is 0 Å². The second-order valence-electron chi connectivity index (χ2n) is 5.37. The number of hydrogen-bond acceptors (Lipinski definition) is 2. The standard InChI is InChI=1S/C19H17O3PS/c20-24(21,22)18-14-8-7-13-17(18)23-19(15-9-3-1-4-10-15)16-11-5-2-6-12-16/h1-14,19,23H,(H,20,21,22). The van der Waals surface area contributed by atoms with Crippen molar-refractivity contribution in [1.29, 1.82) is 0 Å². The Labute approximate surface area is 143 Å². The fourth-order valence-electron chi connectivity index (χ4n) is 2.62. The summed E-state index contributed by atoms with van der Waals surface area (Å²) in [6, 6.07) is 26.6. The van der Waals surface area contributed by atoms with Crippen LogP contribution in [0.2, 0.25) is 0 Å². The van der Waals surface area contributed by atoms with Gasteiger partial charge in [-0.1, -0.05) is 87.4 Å². The first-order valence-electron chi connectivity index (χ1n) is 7.48. The summed E-state index contributed by atoms with van der Waals surface area (Å²) in [5.74, 6) is 0. The highest BCUT2D eigenvalue weighted by molar-refractivity contribution is 7.86. The van der Waals surface area contributed by atoms with Crippen molar-refractivity contribution in [3.05, 3.63) is 96.1 Å². The number of benzene rings is 3. The lowest BCUT2D eigenvalue weighted by molar-refractivity contribution is 0.484. The molecular weight excluding hydrogens is 339 g/mol. The van der Waals surface area contributed by atoms with Gasteiger partial charge in [-0.3, -0.25) is 4.55 Å². The van der Waals surface area contributed by atoms with E-state index < -0.39 is 10.1 Å². The van der Waals surface area contributed by atoms with Gasteiger partial charge in [0.25, 0.3) is 10.1 Å². The van der Waals surface area contributed by atoms with E-state index in [9.17, 15) is 13.0 Å². The number of rotatable bonds is 5. The largest absolute Gasteiger partial charge is 0.295 e. The highest BCUT2D eigenvalue weighted by Gasteiger charge is 2.20. The van der Waals surface area contributed by atoms with Gasteiger partial charge in [0.2, 0.25) is 0 Å². The molecular formula is C19H17O3PS. The molecule has 0 bridgehead atoms. The summed E-state index contributed by atoms with van der Waals surface area (Å²) in [6.45, 7) is 0. The van der Waals surface area contributed by atoms with E-state index in [2.05, 4.69) is 0 Å². The van der Waals surface area contributed by atoms with Gasteiger partial charge in [0, 0.05) is 5.66 Å². The van der Waals surface area contributed by atoms with E-state index in [4.69, 9.17) is 0 Å². The predicted octanol–water partition coefficient (Wildman–Crippen LogP) is 4.03. The summed E-state index contributed by atoms with van der Waals surface area (Å²) in [6.07, 6.45) is 0. The smallest absolute Gasteiger partial charge is 0.282 e. The Bertz CT molecular complexity index is 870. The van der Waals surface area contributed by atoms with Crippen molar-refractivity contribution in [2.45, 2.75) is 10.6 Å². The molecule has 0 fully saturated rings. The average Bonchev–Trinajstić information content (AvgIpc) is 2.61. The van der Waals surface area contributed by atoms with Crippen molar-refractivity contribution in [3.63, 3.8) is 0 Å². The Kier molecular flexibility index (Phi) is 5.10. The molecule has 3 aromatic rings. The highest BCUT2D eigenvalue weighted by Crippen LogP contribution is 2.40. The quantitative estimate of drug-likeness (QED) is 0.555. The van der Waals surface area contributed by atoms with E-state index >= 15 is 0 Å². The average molecular weight is 356 g/mol. The molecule has 1 atom stereocenters. The van der Waals surface area contributed by atoms with E-state index in [1.54, 1.807) is 18.2 Å². The predicted molar refractivity (Wildman–Crippen MR) is 98.9 cm³/mol. The van der Waals surface area contributed by atoms with Crippen LogP contribution in [0, 0.1) is 0 Å². The minimum atomic E-state index is -4.24. The second kappa shape index (κ2) is 7.27. The van der Waals surface area contributed by atoms with Crippen molar-refractivity contribution >= 4 is 24.0 Å². The van der Waals surface area contributed by atoms with Crippen LogP contribution in [-0.4, -0.2) is 13.0 Å². The molecule has 1 unspecified atom stereocenters. The molecule has 1 N–H and O–H groups in total. The maximum atomic E-state index is 11.7. The molecule has 0 aromatic heterocycles. The van der Waals surface area contributed by atoms with Crippen LogP contribution in [0.15, 0.2) is 89.8 Å². The third kappa shape index (κ3) is 3.90. The molecule has 24 heavy (non-hydrogen) atoms. The van der Waals surface area contributed by atoms with Crippen LogP contribution in [0.5, 0.6) is 0 Å². The monoisotopic (exact) mass is 356 g/mol. The Hall–Kier alpha value is -2.00. The third-order valence-electron chi connectivity index (χ3n) is 3.73. The van der Waals surface area contributed by atoms with Gasteiger partial charge >= 0.3 is 0 Å². The molecule has 3 rings (SSSR count). The lowest BCUT2D eigenvalue weighted by Crippen LogP contribution is -2.12. The zero-order valence-electron chi connectivity index (χ0n) is 12.8. The fourth-order valence-corrected chi connectivity index (χ4v) is 5.22. The van der Waals surface area contributed by atoms with Gasteiger partial charge in [-0.15, -0.1) is 0 Å². The van der Waals surface area contributed by atoms with Crippen molar-refractivity contribution in [1.82, 2.24) is 0 Å². The molecule has 0 saturated carbocycles. The minimum Gasteiger partial charge on any atom is -0.282 e. The SMILES string of the molecule is O=S(=O)(O)c1ccccc1PC(c1ccccc1)c1ccccc1. The van der Waals surface area contributed by atoms with Crippen molar-refractivity contribution in [2.24, 2.45) is 0 Å². The van der Waals surface area contributed by atoms with Gasteiger partial charge in [-0.25, -0.2) is 0 Å². The molecule has 0 spiro atoms. The summed E-state index contributed by atoms with van der Waals surface area (Å²) < 4.78 is 32.8. The van der Waals surface area contributed by atoms with E-state index in [-0.39, 0.29) is 19.1 Å². The summed E-state index contributed by atoms with van der Waals surface area (Å²) in [4.78, 5) is -0.0137. The molecule has 3 nitrogen and oxygen atoms in total. The van der Waals surface area contributed by atoms with E-state index in [1.807, 2.05) is 60.7 Å². The van der Waals surface area contributed by atoms with Crippen LogP contribution < -0.4 is 5.30 Å². The van der Waals surface area contributed by atoms with Crippen molar-refractivity contribution in [2.75, 3.05) is 0 Å². The normalized spacial score (nSPS) is 12.1. The fraction of sp³-hybridized carbons (Fsp3) is 0.0526. The first-order valence-corrected chi connectivity index (χ1v) is 10.0. The van der Waals surface area contributed by atoms with Crippen LogP contribution >= 0.6 is 8.58 Å². The van der Waals surface area contributed by atoms with Crippen LogP contribution in [0.1, 0.15) is 16.8 Å². The second-order valence-corrected chi connectivity index (χ2v) is 8.16. The van der Waals surface area contributed by atoms with Crippen molar-refractivity contribution < 1.29 is 13.0 Å². The first kappa shape index (κ1) is 16.8. The molecule has 5 heteroatoms. The van der Waals surface area contributed by atoms with Gasteiger partial charge < -0.3 is 0 Å². The van der Waals surface area contributed by atoms with Crippen LogP contribution in [-0.2, 0) is 10.1 Å². The van der Waals surface area contributed by atoms with Gasteiger partial charge in [-0.2, -0.15) is 8.42 Å². The lowest BCUT2D eigenvalue weighted by atomic mass is 10.0. The third-order valence-corrected chi connectivity index (χ3v) is 6.53. The number of hydrogen-bond donors (Lipinski definition) is 1. The first-order chi connectivity index (χ1) is 11.6. The molecule has 0 heterocycles. The molecule has 0 aliphatic heterocycles. The Balaban J connectivity index is 2.07. The topological polar surface area (TPSA) is 54.4 Å².